The van der Waals surface area contributed by atoms with Crippen LogP contribution in [-0.4, -0.2) is 68.2 Å². The molecule has 0 aliphatic heterocycles. The van der Waals surface area contributed by atoms with Gasteiger partial charge in [-0.25, -0.2) is 25.1 Å². The van der Waals surface area contributed by atoms with E-state index in [2.05, 4.69) is 39.0 Å². The Morgan fingerprint density at radius 3 is 1.96 bits per heavy atom. The lowest BCUT2D eigenvalue weighted by atomic mass is 9.78. The summed E-state index contributed by atoms with van der Waals surface area (Å²) >= 11 is 0. The number of nitrogens with two attached hydrogens (primary N) is 1. The summed E-state index contributed by atoms with van der Waals surface area (Å²) in [6, 6.07) is 0. The SMILES string of the molecule is CCCCCCOC(=O)C1(NP(=O)(CO[C@H](C)Cn2cnc3c(N)ncnc32)NC2(C(=O)OCCCCCC)CCC2)CCC1. The van der Waals surface area contributed by atoms with Gasteiger partial charge in [-0.05, 0) is 58.3 Å². The van der Waals surface area contributed by atoms with Crippen molar-refractivity contribution in [1.29, 1.82) is 0 Å². The number of ether oxygens (including phenoxy) is 3. The molecule has 4 N–H and O–H groups in total. The summed E-state index contributed by atoms with van der Waals surface area (Å²) < 4.78 is 34.2. The van der Waals surface area contributed by atoms with E-state index in [0.717, 1.165) is 64.2 Å². The molecule has 2 aliphatic rings. The Hall–Kier alpha value is -2.60. The Labute approximate surface area is 266 Å². The van der Waals surface area contributed by atoms with Gasteiger partial charge in [-0.1, -0.05) is 52.4 Å². The van der Waals surface area contributed by atoms with Crippen molar-refractivity contribution in [2.75, 3.05) is 25.3 Å². The standard InChI is InChI=1S/C31H52N7O6P/c1-4-6-8-10-18-42-28(39)30(14-12-15-30)36-45(41,37-31(16-13-17-31)29(40)43-19-11-9-7-5-2)23-44-24(3)20-38-22-35-25-26(32)33-21-34-27(25)38/h21-22,24H,4-20,23H2,1-3H3,(H2,32,33,34)(H2,36,37,41)/t24-/m1/s1. The molecule has 2 aromatic rings. The maximum atomic E-state index is 14.8. The summed E-state index contributed by atoms with van der Waals surface area (Å²) in [6.45, 7) is 7.14. The number of nitrogens with zero attached hydrogens (tertiary/aromatic N) is 4. The van der Waals surface area contributed by atoms with E-state index in [-0.39, 0.29) is 12.2 Å². The van der Waals surface area contributed by atoms with Crippen LogP contribution >= 0.6 is 7.44 Å². The van der Waals surface area contributed by atoms with Gasteiger partial charge in [0.05, 0.1) is 32.2 Å². The second-order valence-corrected chi connectivity index (χ2v) is 14.8. The van der Waals surface area contributed by atoms with Gasteiger partial charge in [0.25, 0.3) is 0 Å². The third-order valence-electron chi connectivity index (χ3n) is 8.87. The van der Waals surface area contributed by atoms with Gasteiger partial charge in [0.1, 0.15) is 29.3 Å². The average molecular weight is 650 g/mol. The molecule has 2 aromatic heterocycles. The van der Waals surface area contributed by atoms with Crippen LogP contribution in [-0.2, 0) is 34.9 Å². The molecular weight excluding hydrogens is 597 g/mol. The molecule has 252 valence electrons. The number of hydrogen-bond acceptors (Lipinski definition) is 10. The van der Waals surface area contributed by atoms with Gasteiger partial charge in [0.15, 0.2) is 11.5 Å². The first-order chi connectivity index (χ1) is 21.7. The fraction of sp³-hybridized carbons (Fsp3) is 0.774. The van der Waals surface area contributed by atoms with Crippen LogP contribution < -0.4 is 15.9 Å². The number of anilines is 1. The van der Waals surface area contributed by atoms with Crippen LogP contribution in [0.15, 0.2) is 12.7 Å². The average Bonchev–Trinajstić information content (AvgIpc) is 3.39. The highest BCUT2D eigenvalue weighted by Gasteiger charge is 2.54. The van der Waals surface area contributed by atoms with Gasteiger partial charge in [0.2, 0.25) is 7.44 Å². The molecule has 0 amide bonds. The summed E-state index contributed by atoms with van der Waals surface area (Å²) in [7, 11) is -3.69. The largest absolute Gasteiger partial charge is 0.464 e. The quantitative estimate of drug-likeness (QED) is 0.0914. The fourth-order valence-electron chi connectivity index (χ4n) is 5.83. The predicted molar refractivity (Wildman–Crippen MR) is 172 cm³/mol. The zero-order valence-corrected chi connectivity index (χ0v) is 28.1. The van der Waals surface area contributed by atoms with Crippen molar-refractivity contribution in [2.45, 2.75) is 134 Å². The van der Waals surface area contributed by atoms with Gasteiger partial charge in [-0.15, -0.1) is 0 Å². The number of imidazole rings is 1. The Bertz CT molecular complexity index is 1260. The second-order valence-electron chi connectivity index (χ2n) is 12.7. The van der Waals surface area contributed by atoms with Crippen LogP contribution in [0.5, 0.6) is 0 Å². The Balaban J connectivity index is 1.47. The van der Waals surface area contributed by atoms with Gasteiger partial charge < -0.3 is 24.5 Å². The maximum Gasteiger partial charge on any atom is 0.326 e. The number of hydrogen-bond donors (Lipinski definition) is 3. The van der Waals surface area contributed by atoms with E-state index in [0.29, 0.717) is 56.6 Å². The molecule has 14 heteroatoms. The molecule has 2 aliphatic carbocycles. The second kappa shape index (κ2) is 16.3. The molecular formula is C31H52N7O6P. The molecule has 0 aromatic carbocycles. The Morgan fingerprint density at radius 2 is 1.47 bits per heavy atom. The summed E-state index contributed by atoms with van der Waals surface area (Å²) in [4.78, 5) is 39.3. The van der Waals surface area contributed by atoms with E-state index in [9.17, 15) is 14.2 Å². The number of esters is 2. The van der Waals surface area contributed by atoms with Gasteiger partial charge in [-0.3, -0.25) is 14.2 Å². The lowest BCUT2D eigenvalue weighted by molar-refractivity contribution is -0.154. The van der Waals surface area contributed by atoms with Crippen molar-refractivity contribution in [3.05, 3.63) is 12.7 Å². The zero-order valence-electron chi connectivity index (χ0n) is 27.2. The highest BCUT2D eigenvalue weighted by molar-refractivity contribution is 7.59. The third-order valence-corrected chi connectivity index (χ3v) is 11.0. The number of nitrogens with one attached hydrogen (secondary N) is 2. The van der Waals surface area contributed by atoms with Crippen LogP contribution in [0.25, 0.3) is 11.2 Å². The summed E-state index contributed by atoms with van der Waals surface area (Å²) in [6.07, 6.45) is 13.9. The molecule has 0 unspecified atom stereocenters. The van der Waals surface area contributed by atoms with E-state index in [1.807, 2.05) is 6.92 Å². The maximum absolute atomic E-state index is 14.8. The first-order valence-corrected chi connectivity index (χ1v) is 18.6. The number of unbranched alkanes of at least 4 members (excludes halogenated alkanes) is 6. The molecule has 1 atom stereocenters. The third kappa shape index (κ3) is 9.02. The van der Waals surface area contributed by atoms with Crippen molar-refractivity contribution in [3.8, 4) is 0 Å². The molecule has 45 heavy (non-hydrogen) atoms. The summed E-state index contributed by atoms with van der Waals surface area (Å²) in [5.41, 5.74) is 4.82. The van der Waals surface area contributed by atoms with Crippen LogP contribution in [0.4, 0.5) is 5.82 Å². The lowest BCUT2D eigenvalue weighted by Crippen LogP contribution is -2.62. The van der Waals surface area contributed by atoms with Crippen molar-refractivity contribution in [3.63, 3.8) is 0 Å². The molecule has 0 saturated heterocycles. The van der Waals surface area contributed by atoms with E-state index in [1.165, 1.54) is 6.33 Å². The number of aromatic nitrogens is 4. The number of nitrogen functional groups attached to an aromatic ring is 1. The first kappa shape index (κ1) is 35.3. The smallest absolute Gasteiger partial charge is 0.326 e. The Kier molecular flexibility index (Phi) is 12.8. The highest BCUT2D eigenvalue weighted by atomic mass is 31.2. The summed E-state index contributed by atoms with van der Waals surface area (Å²) in [5, 5.41) is 6.38. The van der Waals surface area contributed by atoms with Crippen molar-refractivity contribution in [1.82, 2.24) is 29.7 Å². The minimum absolute atomic E-state index is 0.241. The number of carbonyl (C=O) groups excluding carboxylic acids is 2. The van der Waals surface area contributed by atoms with Crippen LogP contribution in [0, 0.1) is 0 Å². The predicted octanol–water partition coefficient (Wildman–Crippen LogP) is 5.24. The van der Waals surface area contributed by atoms with E-state index < -0.39 is 36.6 Å². The van der Waals surface area contributed by atoms with Gasteiger partial charge in [-0.2, -0.15) is 0 Å². The highest BCUT2D eigenvalue weighted by Crippen LogP contribution is 2.50. The minimum Gasteiger partial charge on any atom is -0.464 e. The van der Waals surface area contributed by atoms with E-state index in [1.54, 1.807) is 10.9 Å². The van der Waals surface area contributed by atoms with E-state index in [4.69, 9.17) is 19.9 Å². The van der Waals surface area contributed by atoms with Crippen molar-refractivity contribution >= 4 is 36.4 Å². The number of rotatable bonds is 21. The molecule has 13 nitrogen and oxygen atoms in total. The molecule has 0 spiro atoms. The molecule has 2 fully saturated rings. The molecule has 0 bridgehead atoms. The molecule has 4 rings (SSSR count). The van der Waals surface area contributed by atoms with E-state index >= 15 is 0 Å². The molecule has 2 saturated carbocycles. The lowest BCUT2D eigenvalue weighted by Gasteiger charge is -2.47. The first-order valence-electron chi connectivity index (χ1n) is 16.7. The fourth-order valence-corrected chi connectivity index (χ4v) is 8.49. The minimum atomic E-state index is -3.69. The number of fused-ring (bicyclic) bond motifs is 1. The van der Waals surface area contributed by atoms with Crippen LogP contribution in [0.3, 0.4) is 0 Å². The normalized spacial score (nSPS) is 17.8. The molecule has 0 radical (unpaired) electrons. The van der Waals surface area contributed by atoms with Gasteiger partial charge >= 0.3 is 11.9 Å². The van der Waals surface area contributed by atoms with Gasteiger partial charge in [0, 0.05) is 0 Å². The number of carbonyl (C=O) groups is 2. The topological polar surface area (TPSA) is 173 Å². The van der Waals surface area contributed by atoms with Crippen LogP contribution in [0.1, 0.15) is 111 Å². The van der Waals surface area contributed by atoms with Crippen LogP contribution in [0.2, 0.25) is 0 Å². The van der Waals surface area contributed by atoms with Crippen molar-refractivity contribution < 1.29 is 28.4 Å². The monoisotopic (exact) mass is 649 g/mol. The molecule has 2 heterocycles. The van der Waals surface area contributed by atoms with Crippen molar-refractivity contribution in [2.24, 2.45) is 0 Å². The Morgan fingerprint density at radius 1 is 0.911 bits per heavy atom. The zero-order chi connectivity index (χ0) is 32.3. The summed E-state index contributed by atoms with van der Waals surface area (Å²) in [5.74, 6) is -0.511.